The number of anilines is 3. The van der Waals surface area contributed by atoms with Gasteiger partial charge in [-0.05, 0) is 18.4 Å². The first kappa shape index (κ1) is 17.3. The second-order valence-electron chi connectivity index (χ2n) is 5.30. The summed E-state index contributed by atoms with van der Waals surface area (Å²) in [6.07, 6.45) is 2.05. The number of rotatable bonds is 7. The lowest BCUT2D eigenvalue weighted by Crippen LogP contribution is -2.10. The van der Waals surface area contributed by atoms with E-state index >= 15 is 0 Å². The number of nitrogens with zero attached hydrogens (tertiary/aromatic N) is 2. The molecule has 3 aromatic rings. The average Bonchev–Trinajstić information content (AvgIpc) is 2.67. The smallest absolute Gasteiger partial charge is 0.225 e. The van der Waals surface area contributed by atoms with Crippen LogP contribution in [-0.4, -0.2) is 34.5 Å². The summed E-state index contributed by atoms with van der Waals surface area (Å²) in [6, 6.07) is 20.0. The molecule has 3 N–H and O–H groups in total. The van der Waals surface area contributed by atoms with Gasteiger partial charge in [0, 0.05) is 23.1 Å². The Kier molecular flexibility index (Phi) is 5.87. The van der Waals surface area contributed by atoms with Crippen LogP contribution in [0.3, 0.4) is 0 Å². The maximum Gasteiger partial charge on any atom is 0.225 e. The normalized spacial score (nSPS) is 10.5. The third-order valence-corrected chi connectivity index (χ3v) is 4.36. The van der Waals surface area contributed by atoms with Crippen LogP contribution < -0.4 is 10.6 Å². The minimum absolute atomic E-state index is 0.0248. The quantitative estimate of drug-likeness (QED) is 0.558. The minimum atomic E-state index is 0.0248. The number of hydrogen-bond donors (Lipinski definition) is 3. The van der Waals surface area contributed by atoms with Gasteiger partial charge in [0.1, 0.15) is 5.82 Å². The van der Waals surface area contributed by atoms with Gasteiger partial charge in [-0.25, -0.2) is 4.98 Å². The van der Waals surface area contributed by atoms with Gasteiger partial charge in [0.25, 0.3) is 0 Å². The summed E-state index contributed by atoms with van der Waals surface area (Å²) >= 11 is 1.68. The van der Waals surface area contributed by atoms with E-state index in [1.807, 2.05) is 60.9 Å². The molecule has 0 fully saturated rings. The number of para-hydroxylation sites is 1. The van der Waals surface area contributed by atoms with Crippen LogP contribution in [0.2, 0.25) is 0 Å². The highest BCUT2D eigenvalue weighted by atomic mass is 32.2. The first-order valence-corrected chi connectivity index (χ1v) is 9.22. The Labute approximate surface area is 151 Å². The highest BCUT2D eigenvalue weighted by Crippen LogP contribution is 2.29. The van der Waals surface area contributed by atoms with Gasteiger partial charge in [-0.3, -0.25) is 0 Å². The maximum atomic E-state index is 9.05. The van der Waals surface area contributed by atoms with Crippen LogP contribution in [0.5, 0.6) is 0 Å². The number of aliphatic hydroxyl groups is 1. The summed E-state index contributed by atoms with van der Waals surface area (Å²) in [7, 11) is 0. The fraction of sp³-hybridized carbons (Fsp3) is 0.158. The topological polar surface area (TPSA) is 70.1 Å². The summed E-state index contributed by atoms with van der Waals surface area (Å²) in [5.74, 6) is 1.19. The summed E-state index contributed by atoms with van der Waals surface area (Å²) < 4.78 is 0. The van der Waals surface area contributed by atoms with E-state index < -0.39 is 0 Å². The number of thioether (sulfide) groups is 1. The second-order valence-corrected chi connectivity index (χ2v) is 6.15. The molecule has 0 unspecified atom stereocenters. The molecule has 1 heterocycles. The van der Waals surface area contributed by atoms with Crippen LogP contribution in [0.15, 0.2) is 65.6 Å². The van der Waals surface area contributed by atoms with E-state index in [4.69, 9.17) is 5.11 Å². The van der Waals surface area contributed by atoms with Crippen molar-refractivity contribution in [3.8, 4) is 11.3 Å². The van der Waals surface area contributed by atoms with Gasteiger partial charge >= 0.3 is 0 Å². The van der Waals surface area contributed by atoms with Crippen molar-refractivity contribution < 1.29 is 5.11 Å². The zero-order valence-corrected chi connectivity index (χ0v) is 14.8. The molecule has 2 aromatic carbocycles. The van der Waals surface area contributed by atoms with E-state index in [-0.39, 0.29) is 6.61 Å². The van der Waals surface area contributed by atoms with Gasteiger partial charge < -0.3 is 15.7 Å². The molecular weight excluding hydrogens is 332 g/mol. The van der Waals surface area contributed by atoms with Gasteiger partial charge in [0.15, 0.2) is 0 Å². The fourth-order valence-corrected chi connectivity index (χ4v) is 2.95. The van der Waals surface area contributed by atoms with Crippen LogP contribution >= 0.6 is 11.8 Å². The largest absolute Gasteiger partial charge is 0.395 e. The van der Waals surface area contributed by atoms with Crippen molar-refractivity contribution in [3.63, 3.8) is 0 Å². The Bertz CT molecular complexity index is 827. The third-order valence-electron chi connectivity index (χ3n) is 3.56. The van der Waals surface area contributed by atoms with Crippen LogP contribution in [0.4, 0.5) is 17.5 Å². The Morgan fingerprint density at radius 1 is 1.00 bits per heavy atom. The molecule has 0 radical (unpaired) electrons. The minimum Gasteiger partial charge on any atom is -0.395 e. The van der Waals surface area contributed by atoms with Crippen molar-refractivity contribution in [2.24, 2.45) is 0 Å². The zero-order valence-electron chi connectivity index (χ0n) is 13.9. The zero-order chi connectivity index (χ0) is 17.5. The van der Waals surface area contributed by atoms with Gasteiger partial charge in [-0.2, -0.15) is 4.98 Å². The van der Waals surface area contributed by atoms with E-state index in [0.29, 0.717) is 18.3 Å². The molecule has 0 aliphatic carbocycles. The van der Waals surface area contributed by atoms with Crippen LogP contribution in [-0.2, 0) is 0 Å². The Hall–Kier alpha value is -2.57. The highest BCUT2D eigenvalue weighted by molar-refractivity contribution is 7.98. The van der Waals surface area contributed by atoms with Crippen LogP contribution in [0.1, 0.15) is 0 Å². The van der Waals surface area contributed by atoms with E-state index in [9.17, 15) is 0 Å². The predicted molar refractivity (Wildman–Crippen MR) is 105 cm³/mol. The van der Waals surface area contributed by atoms with Gasteiger partial charge in [-0.1, -0.05) is 42.5 Å². The lowest BCUT2D eigenvalue weighted by molar-refractivity contribution is 0.311. The van der Waals surface area contributed by atoms with Crippen molar-refractivity contribution >= 4 is 29.2 Å². The number of nitrogens with one attached hydrogen (secondary N) is 2. The van der Waals surface area contributed by atoms with Crippen molar-refractivity contribution in [2.45, 2.75) is 4.90 Å². The third kappa shape index (κ3) is 4.49. The molecule has 1 aromatic heterocycles. The SMILES string of the molecule is CSc1ccccc1Nc1cc(-c2ccccc2)nc(NCCO)n1. The number of aliphatic hydroxyl groups excluding tert-OH is 1. The van der Waals surface area contributed by atoms with Gasteiger partial charge in [-0.15, -0.1) is 11.8 Å². The summed E-state index contributed by atoms with van der Waals surface area (Å²) in [4.78, 5) is 10.2. The maximum absolute atomic E-state index is 9.05. The predicted octanol–water partition coefficient (Wildman–Crippen LogP) is 4.01. The lowest BCUT2D eigenvalue weighted by atomic mass is 10.1. The fourth-order valence-electron chi connectivity index (χ4n) is 2.40. The summed E-state index contributed by atoms with van der Waals surface area (Å²) in [5, 5.41) is 15.5. The number of benzene rings is 2. The monoisotopic (exact) mass is 352 g/mol. The van der Waals surface area contributed by atoms with Gasteiger partial charge in [0.05, 0.1) is 18.0 Å². The first-order valence-electron chi connectivity index (χ1n) is 7.99. The van der Waals surface area contributed by atoms with E-state index in [2.05, 4.69) is 26.7 Å². The lowest BCUT2D eigenvalue weighted by Gasteiger charge is -2.13. The standard InChI is InChI=1S/C19H20N4OS/c1-25-17-10-6-5-9-15(17)21-18-13-16(14-7-3-2-4-8-14)22-19(23-18)20-11-12-24/h2-10,13,24H,11-12H2,1H3,(H2,20,21,22,23). The Balaban J connectivity index is 1.97. The molecule has 0 aliphatic heterocycles. The van der Waals surface area contributed by atoms with E-state index in [1.54, 1.807) is 11.8 Å². The second kappa shape index (κ2) is 8.50. The molecule has 128 valence electrons. The molecule has 0 amide bonds. The average molecular weight is 352 g/mol. The molecular formula is C19H20N4OS. The molecule has 0 saturated heterocycles. The molecule has 0 spiro atoms. The Morgan fingerprint density at radius 2 is 1.76 bits per heavy atom. The molecule has 0 saturated carbocycles. The summed E-state index contributed by atoms with van der Waals surface area (Å²) in [6.45, 7) is 0.427. The molecule has 6 heteroatoms. The molecule has 0 bridgehead atoms. The first-order chi connectivity index (χ1) is 12.3. The highest BCUT2D eigenvalue weighted by Gasteiger charge is 2.08. The molecule has 0 atom stereocenters. The van der Waals surface area contributed by atoms with Crippen molar-refractivity contribution in [1.29, 1.82) is 0 Å². The van der Waals surface area contributed by atoms with Crippen LogP contribution in [0.25, 0.3) is 11.3 Å². The van der Waals surface area contributed by atoms with Crippen molar-refractivity contribution in [2.75, 3.05) is 30.0 Å². The summed E-state index contributed by atoms with van der Waals surface area (Å²) in [5.41, 5.74) is 2.83. The van der Waals surface area contributed by atoms with Crippen molar-refractivity contribution in [1.82, 2.24) is 9.97 Å². The Morgan fingerprint density at radius 3 is 2.52 bits per heavy atom. The van der Waals surface area contributed by atoms with E-state index in [0.717, 1.165) is 21.8 Å². The van der Waals surface area contributed by atoms with Crippen molar-refractivity contribution in [3.05, 3.63) is 60.7 Å². The van der Waals surface area contributed by atoms with Gasteiger partial charge in [0.2, 0.25) is 5.95 Å². The van der Waals surface area contributed by atoms with Crippen LogP contribution in [0, 0.1) is 0 Å². The molecule has 3 rings (SSSR count). The molecule has 25 heavy (non-hydrogen) atoms. The number of hydrogen-bond acceptors (Lipinski definition) is 6. The molecule has 0 aliphatic rings. The molecule has 5 nitrogen and oxygen atoms in total. The number of aromatic nitrogens is 2. The van der Waals surface area contributed by atoms with E-state index in [1.165, 1.54) is 0 Å².